The number of nitrogens with zero attached hydrogens (tertiary/aromatic N) is 2. The summed E-state index contributed by atoms with van der Waals surface area (Å²) in [5.41, 5.74) is 4.68. The van der Waals surface area contributed by atoms with Crippen molar-refractivity contribution < 1.29 is 4.79 Å². The Kier molecular flexibility index (Phi) is 4.88. The van der Waals surface area contributed by atoms with E-state index in [2.05, 4.69) is 39.3 Å². The summed E-state index contributed by atoms with van der Waals surface area (Å²) < 4.78 is 0. The van der Waals surface area contributed by atoms with Crippen LogP contribution in [0.4, 0.5) is 0 Å². The van der Waals surface area contributed by atoms with E-state index in [1.807, 2.05) is 38.1 Å². The molecule has 0 saturated carbocycles. The first-order valence-corrected chi connectivity index (χ1v) is 8.74. The van der Waals surface area contributed by atoms with Gasteiger partial charge in [0.15, 0.2) is 0 Å². The molecule has 0 aliphatic heterocycles. The predicted octanol–water partition coefficient (Wildman–Crippen LogP) is 3.35. The van der Waals surface area contributed by atoms with Crippen LogP contribution in [0.1, 0.15) is 49.1 Å². The topological polar surface area (TPSA) is 86.5 Å². The number of benzene rings is 1. The van der Waals surface area contributed by atoms with E-state index >= 15 is 0 Å². The Morgan fingerprint density at radius 2 is 2.04 bits per heavy atom. The summed E-state index contributed by atoms with van der Waals surface area (Å²) in [4.78, 5) is 20.7. The van der Waals surface area contributed by atoms with Gasteiger partial charge in [-0.2, -0.15) is 5.10 Å². The predicted molar refractivity (Wildman–Crippen MR) is 98.2 cm³/mol. The number of aromatic nitrogens is 4. The molecule has 2 aromatic heterocycles. The smallest absolute Gasteiger partial charge is 0.225 e. The van der Waals surface area contributed by atoms with Gasteiger partial charge in [-0.25, -0.2) is 4.98 Å². The second-order valence-corrected chi connectivity index (χ2v) is 6.66. The number of amides is 1. The Balaban J connectivity index is 1.82. The van der Waals surface area contributed by atoms with Crippen LogP contribution < -0.4 is 5.32 Å². The number of fused-ring (bicyclic) bond motifs is 1. The largest absolute Gasteiger partial charge is 0.346 e. The minimum Gasteiger partial charge on any atom is -0.346 e. The highest BCUT2D eigenvalue weighted by atomic mass is 16.1. The number of imidazole rings is 1. The Hall–Kier alpha value is -2.63. The Morgan fingerprint density at radius 1 is 1.28 bits per heavy atom. The van der Waals surface area contributed by atoms with E-state index in [4.69, 9.17) is 0 Å². The van der Waals surface area contributed by atoms with Crippen LogP contribution in [0.25, 0.3) is 11.0 Å². The van der Waals surface area contributed by atoms with Gasteiger partial charge in [0.05, 0.1) is 29.2 Å². The second-order valence-electron chi connectivity index (χ2n) is 6.66. The number of hydrogen-bond donors (Lipinski definition) is 3. The molecule has 3 N–H and O–H groups in total. The molecule has 0 bridgehead atoms. The molecule has 6 nitrogen and oxygen atoms in total. The van der Waals surface area contributed by atoms with Gasteiger partial charge in [-0.05, 0) is 31.9 Å². The number of aryl methyl sites for hydroxylation is 2. The minimum atomic E-state index is -0.141. The van der Waals surface area contributed by atoms with Crippen LogP contribution in [0.2, 0.25) is 0 Å². The van der Waals surface area contributed by atoms with Crippen molar-refractivity contribution in [3.8, 4) is 0 Å². The number of para-hydroxylation sites is 2. The molecule has 0 spiro atoms. The lowest BCUT2D eigenvalue weighted by molar-refractivity contribution is -0.121. The highest BCUT2D eigenvalue weighted by Gasteiger charge is 2.24. The summed E-state index contributed by atoms with van der Waals surface area (Å²) in [6.07, 6.45) is 1.27. The van der Waals surface area contributed by atoms with Gasteiger partial charge in [0.2, 0.25) is 5.91 Å². The first-order valence-electron chi connectivity index (χ1n) is 8.74. The number of rotatable bonds is 6. The summed E-state index contributed by atoms with van der Waals surface area (Å²) >= 11 is 0. The molecule has 0 unspecified atom stereocenters. The van der Waals surface area contributed by atoms with Crippen molar-refractivity contribution in [3.63, 3.8) is 0 Å². The summed E-state index contributed by atoms with van der Waals surface area (Å²) in [5, 5.41) is 10.3. The van der Waals surface area contributed by atoms with Crippen molar-refractivity contribution in [2.24, 2.45) is 5.92 Å². The van der Waals surface area contributed by atoms with Gasteiger partial charge < -0.3 is 10.3 Å². The number of carbonyl (C=O) groups excluding carboxylic acids is 1. The Labute approximate surface area is 147 Å². The van der Waals surface area contributed by atoms with E-state index in [1.54, 1.807) is 0 Å². The third kappa shape index (κ3) is 3.57. The average Bonchev–Trinajstić information content (AvgIpc) is 3.17. The molecule has 25 heavy (non-hydrogen) atoms. The van der Waals surface area contributed by atoms with Gasteiger partial charge in [-0.3, -0.25) is 9.89 Å². The number of H-pyrrole nitrogens is 2. The summed E-state index contributed by atoms with van der Waals surface area (Å²) in [6, 6.07) is 7.78. The molecule has 3 rings (SSSR count). The van der Waals surface area contributed by atoms with Crippen LogP contribution in [-0.4, -0.2) is 26.1 Å². The van der Waals surface area contributed by atoms with Crippen LogP contribution >= 0.6 is 0 Å². The second kappa shape index (κ2) is 7.09. The van der Waals surface area contributed by atoms with Crippen LogP contribution in [0.3, 0.4) is 0 Å². The molecule has 0 aliphatic rings. The zero-order valence-electron chi connectivity index (χ0n) is 15.2. The lowest BCUT2D eigenvalue weighted by Gasteiger charge is -2.22. The van der Waals surface area contributed by atoms with Crippen LogP contribution in [0, 0.1) is 19.8 Å². The number of carbonyl (C=O) groups is 1. The summed E-state index contributed by atoms with van der Waals surface area (Å²) in [7, 11) is 0. The van der Waals surface area contributed by atoms with E-state index < -0.39 is 0 Å². The number of hydrogen-bond acceptors (Lipinski definition) is 3. The molecule has 0 saturated heterocycles. The third-order valence-corrected chi connectivity index (χ3v) is 4.85. The minimum absolute atomic E-state index is 0.0154. The van der Waals surface area contributed by atoms with E-state index in [0.29, 0.717) is 6.42 Å². The van der Waals surface area contributed by atoms with Crippen molar-refractivity contribution in [2.45, 2.75) is 46.6 Å². The molecular formula is C19H25N5O. The molecular weight excluding hydrogens is 314 g/mol. The standard InChI is InChI=1S/C19H25N5O/c1-5-11(2)18(19-20-15-8-6-7-9-16(15)21-19)22-17(25)10-14-12(3)23-24-13(14)4/h6-9,11,18H,5,10H2,1-4H3,(H,20,21)(H,22,25)(H,23,24)/t11-,18+/m0/s1. The normalized spacial score (nSPS) is 13.8. The zero-order chi connectivity index (χ0) is 18.0. The quantitative estimate of drug-likeness (QED) is 0.644. The molecule has 2 atom stereocenters. The van der Waals surface area contributed by atoms with Crippen molar-refractivity contribution in [2.75, 3.05) is 0 Å². The first-order chi connectivity index (χ1) is 12.0. The lowest BCUT2D eigenvalue weighted by Crippen LogP contribution is -2.34. The maximum absolute atomic E-state index is 12.6. The third-order valence-electron chi connectivity index (χ3n) is 4.85. The fourth-order valence-electron chi connectivity index (χ4n) is 3.06. The van der Waals surface area contributed by atoms with E-state index in [0.717, 1.165) is 40.2 Å². The van der Waals surface area contributed by atoms with Gasteiger partial charge in [-0.15, -0.1) is 0 Å². The molecule has 3 aromatic rings. The maximum atomic E-state index is 12.6. The number of nitrogens with one attached hydrogen (secondary N) is 3. The maximum Gasteiger partial charge on any atom is 0.225 e. The van der Waals surface area contributed by atoms with Crippen molar-refractivity contribution in [1.82, 2.24) is 25.5 Å². The SMILES string of the molecule is CC[C@H](C)[C@@H](NC(=O)Cc1c(C)n[nH]c1C)c1nc2ccccc2[nH]1. The molecule has 1 amide bonds. The zero-order valence-corrected chi connectivity index (χ0v) is 15.2. The molecule has 0 fully saturated rings. The highest BCUT2D eigenvalue weighted by Crippen LogP contribution is 2.25. The molecule has 0 aliphatic carbocycles. The van der Waals surface area contributed by atoms with Gasteiger partial charge in [0.25, 0.3) is 0 Å². The van der Waals surface area contributed by atoms with Crippen molar-refractivity contribution >= 4 is 16.9 Å². The summed E-state index contributed by atoms with van der Waals surface area (Å²) in [5.74, 6) is 1.07. The van der Waals surface area contributed by atoms with Crippen LogP contribution in [0.5, 0.6) is 0 Å². The average molecular weight is 339 g/mol. The fourth-order valence-corrected chi connectivity index (χ4v) is 3.06. The molecule has 1 aromatic carbocycles. The van der Waals surface area contributed by atoms with E-state index in [1.165, 1.54) is 0 Å². The van der Waals surface area contributed by atoms with Gasteiger partial charge in [0, 0.05) is 11.3 Å². The van der Waals surface area contributed by atoms with E-state index in [9.17, 15) is 4.79 Å². The Bertz CT molecular complexity index is 826. The monoisotopic (exact) mass is 339 g/mol. The van der Waals surface area contributed by atoms with Crippen LogP contribution in [0.15, 0.2) is 24.3 Å². The van der Waals surface area contributed by atoms with Gasteiger partial charge in [-0.1, -0.05) is 32.4 Å². The molecule has 0 radical (unpaired) electrons. The first kappa shape index (κ1) is 17.2. The molecule has 6 heteroatoms. The molecule has 2 heterocycles. The van der Waals surface area contributed by atoms with E-state index in [-0.39, 0.29) is 17.9 Å². The van der Waals surface area contributed by atoms with Crippen molar-refractivity contribution in [1.29, 1.82) is 0 Å². The lowest BCUT2D eigenvalue weighted by atomic mass is 9.98. The Morgan fingerprint density at radius 3 is 2.68 bits per heavy atom. The number of aromatic amines is 2. The highest BCUT2D eigenvalue weighted by molar-refractivity contribution is 5.80. The van der Waals surface area contributed by atoms with Crippen LogP contribution in [-0.2, 0) is 11.2 Å². The molecule has 132 valence electrons. The van der Waals surface area contributed by atoms with Gasteiger partial charge >= 0.3 is 0 Å². The van der Waals surface area contributed by atoms with Gasteiger partial charge in [0.1, 0.15) is 5.82 Å². The fraction of sp³-hybridized carbons (Fsp3) is 0.421. The summed E-state index contributed by atoms with van der Waals surface area (Å²) in [6.45, 7) is 8.11. The van der Waals surface area contributed by atoms with Crippen molar-refractivity contribution in [3.05, 3.63) is 47.0 Å².